The Hall–Kier alpha value is -3.74. The van der Waals surface area contributed by atoms with Crippen molar-refractivity contribution in [1.29, 1.82) is 0 Å². The Bertz CT molecular complexity index is 1030. The van der Waals surface area contributed by atoms with Crippen LogP contribution in [0.1, 0.15) is 37.8 Å². The van der Waals surface area contributed by atoms with E-state index in [2.05, 4.69) is 43.9 Å². The number of hydrogen-bond donors (Lipinski definition) is 11. The molecule has 0 spiro atoms. The summed E-state index contributed by atoms with van der Waals surface area (Å²) < 4.78 is 0. The summed E-state index contributed by atoms with van der Waals surface area (Å²) in [5.74, 6) is -5.53. The molecule has 17 nitrogen and oxygen atoms in total. The SMILES string of the molecule is NCCCC[C@H](NC(=O)[C@H](CO)NC(=O)[C@@H](N)CS)C(=O)N[C@H](CCC(N)=O)C(=O)N[C@@H](Cc1c[nH]cn1)C(=O)O. The number of aromatic amines is 1. The first-order chi connectivity index (χ1) is 19.4. The zero-order chi connectivity index (χ0) is 30.9. The Kier molecular flexibility index (Phi) is 16.0. The summed E-state index contributed by atoms with van der Waals surface area (Å²) in [5.41, 5.74) is 16.7. The second-order valence-corrected chi connectivity index (χ2v) is 9.47. The largest absolute Gasteiger partial charge is 0.480 e. The van der Waals surface area contributed by atoms with Gasteiger partial charge in [0.05, 0.1) is 24.7 Å². The van der Waals surface area contributed by atoms with E-state index < -0.39 is 72.3 Å². The minimum Gasteiger partial charge on any atom is -0.480 e. The van der Waals surface area contributed by atoms with Crippen LogP contribution in [0.4, 0.5) is 0 Å². The van der Waals surface area contributed by atoms with Crippen molar-refractivity contribution in [2.75, 3.05) is 18.9 Å². The number of hydrogen-bond acceptors (Lipinski definition) is 11. The van der Waals surface area contributed by atoms with Gasteiger partial charge >= 0.3 is 5.97 Å². The number of nitrogens with zero attached hydrogens (tertiary/aromatic N) is 1. The molecule has 1 rings (SSSR count). The monoisotopic (exact) mass is 601 g/mol. The fraction of sp³-hybridized carbons (Fsp3) is 0.609. The third kappa shape index (κ3) is 13.0. The van der Waals surface area contributed by atoms with Gasteiger partial charge in [-0.05, 0) is 32.2 Å². The fourth-order valence-corrected chi connectivity index (χ4v) is 3.67. The van der Waals surface area contributed by atoms with E-state index in [9.17, 15) is 39.0 Å². The summed E-state index contributed by atoms with van der Waals surface area (Å²) in [6, 6.07) is -6.54. The number of carbonyl (C=O) groups is 6. The van der Waals surface area contributed by atoms with E-state index in [0.717, 1.165) is 0 Å². The highest BCUT2D eigenvalue weighted by molar-refractivity contribution is 7.80. The smallest absolute Gasteiger partial charge is 0.326 e. The van der Waals surface area contributed by atoms with Crippen LogP contribution in [0.3, 0.4) is 0 Å². The number of imidazole rings is 1. The number of aliphatic carboxylic acids is 1. The number of primary amides is 1. The van der Waals surface area contributed by atoms with Crippen LogP contribution in [0.5, 0.6) is 0 Å². The number of aliphatic hydroxyl groups excluding tert-OH is 1. The molecule has 18 heteroatoms. The molecule has 0 fully saturated rings. The minimum absolute atomic E-state index is 0.0189. The number of thiol groups is 1. The molecule has 0 saturated heterocycles. The number of aliphatic hydroxyl groups is 1. The topological polar surface area (TPSA) is 298 Å². The van der Waals surface area contributed by atoms with E-state index in [1.165, 1.54) is 12.5 Å². The molecule has 0 aliphatic heterocycles. The third-order valence-corrected chi connectivity index (χ3v) is 6.22. The van der Waals surface area contributed by atoms with Crippen molar-refractivity contribution in [1.82, 2.24) is 31.2 Å². The number of rotatable bonds is 20. The van der Waals surface area contributed by atoms with Gasteiger partial charge in [0.15, 0.2) is 0 Å². The first-order valence-electron chi connectivity index (χ1n) is 12.8. The second-order valence-electron chi connectivity index (χ2n) is 9.11. The van der Waals surface area contributed by atoms with Gasteiger partial charge in [0, 0.05) is 24.8 Å². The normalized spacial score (nSPS) is 14.5. The molecule has 5 amide bonds. The van der Waals surface area contributed by atoms with Gasteiger partial charge in [0.1, 0.15) is 24.2 Å². The Labute approximate surface area is 241 Å². The van der Waals surface area contributed by atoms with Gasteiger partial charge < -0.3 is 53.7 Å². The Morgan fingerprint density at radius 1 is 0.902 bits per heavy atom. The Balaban J connectivity index is 3.07. The zero-order valence-electron chi connectivity index (χ0n) is 22.4. The molecule has 41 heavy (non-hydrogen) atoms. The summed E-state index contributed by atoms with van der Waals surface area (Å²) in [6.45, 7) is -0.500. The predicted octanol–water partition coefficient (Wildman–Crippen LogP) is -4.38. The molecule has 13 N–H and O–H groups in total. The molecular formula is C23H39N9O8S. The van der Waals surface area contributed by atoms with Gasteiger partial charge in [-0.15, -0.1) is 0 Å². The number of amides is 5. The van der Waals surface area contributed by atoms with Crippen LogP contribution in [0.2, 0.25) is 0 Å². The number of aromatic nitrogens is 2. The number of nitrogens with one attached hydrogen (secondary N) is 5. The van der Waals surface area contributed by atoms with Crippen molar-refractivity contribution in [3.63, 3.8) is 0 Å². The number of H-pyrrole nitrogens is 1. The molecule has 0 saturated carbocycles. The maximum atomic E-state index is 13.2. The minimum atomic E-state index is -1.44. The van der Waals surface area contributed by atoms with E-state index in [0.29, 0.717) is 25.1 Å². The van der Waals surface area contributed by atoms with Crippen LogP contribution in [-0.2, 0) is 35.2 Å². The van der Waals surface area contributed by atoms with Gasteiger partial charge in [-0.1, -0.05) is 0 Å². The highest BCUT2D eigenvalue weighted by Gasteiger charge is 2.31. The number of nitrogens with two attached hydrogens (primary N) is 3. The maximum absolute atomic E-state index is 13.2. The first-order valence-corrected chi connectivity index (χ1v) is 13.4. The van der Waals surface area contributed by atoms with E-state index in [4.69, 9.17) is 17.2 Å². The van der Waals surface area contributed by atoms with Crippen LogP contribution in [0.15, 0.2) is 12.5 Å². The lowest BCUT2D eigenvalue weighted by atomic mass is 10.0. The molecule has 0 unspecified atom stereocenters. The summed E-state index contributed by atoms with van der Waals surface area (Å²) in [6.07, 6.45) is 3.01. The molecule has 0 aliphatic carbocycles. The van der Waals surface area contributed by atoms with Crippen LogP contribution >= 0.6 is 12.6 Å². The van der Waals surface area contributed by atoms with Gasteiger partial charge in [0.2, 0.25) is 29.5 Å². The van der Waals surface area contributed by atoms with E-state index in [-0.39, 0.29) is 31.4 Å². The average Bonchev–Trinajstić information content (AvgIpc) is 3.45. The average molecular weight is 602 g/mol. The molecule has 0 aromatic carbocycles. The zero-order valence-corrected chi connectivity index (χ0v) is 23.3. The molecule has 5 atom stereocenters. The van der Waals surface area contributed by atoms with E-state index >= 15 is 0 Å². The lowest BCUT2D eigenvalue weighted by Gasteiger charge is -2.26. The molecule has 0 bridgehead atoms. The van der Waals surface area contributed by atoms with Gasteiger partial charge in [-0.2, -0.15) is 12.6 Å². The first kappa shape index (κ1) is 35.3. The molecular weight excluding hydrogens is 562 g/mol. The number of carboxylic acid groups (broad SMARTS) is 1. The van der Waals surface area contributed by atoms with Crippen molar-refractivity contribution < 1.29 is 39.0 Å². The molecule has 1 heterocycles. The van der Waals surface area contributed by atoms with Gasteiger partial charge in [-0.3, -0.25) is 24.0 Å². The van der Waals surface area contributed by atoms with Gasteiger partial charge in [0.25, 0.3) is 0 Å². The van der Waals surface area contributed by atoms with Crippen LogP contribution in [0.25, 0.3) is 0 Å². The molecule has 0 aliphatic rings. The summed E-state index contributed by atoms with van der Waals surface area (Å²) in [4.78, 5) is 80.9. The maximum Gasteiger partial charge on any atom is 0.326 e. The molecule has 1 aromatic rings. The standard InChI is InChI=1S/C23H39N9O8S/c24-6-2-1-3-14(29-22(38)17(9-33)32-19(35)13(25)10-41)20(36)30-15(4-5-18(26)34)21(37)31-16(23(39)40)7-12-8-27-11-28-12/h8,11,13-17,33,41H,1-7,9-10,24-25H2,(H2,26,34)(H,27,28)(H,29,38)(H,30,36)(H,31,37)(H,32,35)(H,39,40)/t13-,14-,15+,16-,17-/m0/s1. The number of carboxylic acids is 1. The number of unbranched alkanes of at least 4 members (excludes halogenated alkanes) is 1. The van der Waals surface area contributed by atoms with Crippen molar-refractivity contribution >= 4 is 48.1 Å². The molecule has 0 radical (unpaired) electrons. The Morgan fingerprint density at radius 3 is 1.95 bits per heavy atom. The van der Waals surface area contributed by atoms with Crippen LogP contribution in [0, 0.1) is 0 Å². The van der Waals surface area contributed by atoms with Crippen LogP contribution in [-0.4, -0.2) is 105 Å². The Morgan fingerprint density at radius 2 is 1.46 bits per heavy atom. The second kappa shape index (κ2) is 18.6. The summed E-state index contributed by atoms with van der Waals surface area (Å²) in [5, 5.41) is 28.6. The van der Waals surface area contributed by atoms with E-state index in [1.807, 2.05) is 0 Å². The summed E-state index contributed by atoms with van der Waals surface area (Å²) in [7, 11) is 0. The lowest BCUT2D eigenvalue weighted by molar-refractivity contribution is -0.142. The van der Waals surface area contributed by atoms with Gasteiger partial charge in [-0.25, -0.2) is 9.78 Å². The highest BCUT2D eigenvalue weighted by Crippen LogP contribution is 2.07. The molecule has 1 aromatic heterocycles. The number of carbonyl (C=O) groups excluding carboxylic acids is 5. The van der Waals surface area contributed by atoms with Crippen molar-refractivity contribution in [3.05, 3.63) is 18.2 Å². The fourth-order valence-electron chi connectivity index (χ4n) is 3.50. The predicted molar refractivity (Wildman–Crippen MR) is 148 cm³/mol. The summed E-state index contributed by atoms with van der Waals surface area (Å²) >= 11 is 3.91. The quantitative estimate of drug-likeness (QED) is 0.0501. The lowest BCUT2D eigenvalue weighted by Crippen LogP contribution is -2.59. The van der Waals surface area contributed by atoms with E-state index in [1.54, 1.807) is 0 Å². The van der Waals surface area contributed by atoms with Crippen LogP contribution < -0.4 is 38.5 Å². The van der Waals surface area contributed by atoms with Crippen molar-refractivity contribution in [2.24, 2.45) is 17.2 Å². The van der Waals surface area contributed by atoms with Crippen molar-refractivity contribution in [3.8, 4) is 0 Å². The van der Waals surface area contributed by atoms with Crippen molar-refractivity contribution in [2.45, 2.75) is 68.7 Å². The third-order valence-electron chi connectivity index (χ3n) is 5.82. The highest BCUT2D eigenvalue weighted by atomic mass is 32.1. The molecule has 230 valence electrons.